The van der Waals surface area contributed by atoms with Gasteiger partial charge in [0.15, 0.2) is 11.5 Å². The summed E-state index contributed by atoms with van der Waals surface area (Å²) in [5, 5.41) is 9.80. The number of phenols is 1. The summed E-state index contributed by atoms with van der Waals surface area (Å²) in [6.07, 6.45) is 3.42. The van der Waals surface area contributed by atoms with Crippen molar-refractivity contribution in [1.29, 1.82) is 0 Å². The van der Waals surface area contributed by atoms with Crippen molar-refractivity contribution in [3.8, 4) is 22.9 Å². The number of phenolic OH excluding ortho intramolecular Hbond substituents is 1. The fraction of sp³-hybridized carbons (Fsp3) is 0.0769. The number of fused-ring (bicyclic) bond motifs is 1. The molecule has 2 N–H and O–H groups in total. The largest absolute Gasteiger partial charge is 0.503 e. The molecule has 2 heterocycles. The highest BCUT2D eigenvalue weighted by molar-refractivity contribution is 9.10. The predicted molar refractivity (Wildman–Crippen MR) is 75.2 cm³/mol. The molecular formula is C13H10BrN3O2. The fourth-order valence-corrected chi connectivity index (χ4v) is 2.30. The van der Waals surface area contributed by atoms with E-state index in [1.165, 1.54) is 7.11 Å². The van der Waals surface area contributed by atoms with Crippen LogP contribution < -0.4 is 4.74 Å². The average molecular weight is 320 g/mol. The monoisotopic (exact) mass is 319 g/mol. The van der Waals surface area contributed by atoms with Gasteiger partial charge in [-0.25, -0.2) is 4.98 Å². The smallest absolute Gasteiger partial charge is 0.172 e. The Morgan fingerprint density at radius 3 is 2.95 bits per heavy atom. The summed E-state index contributed by atoms with van der Waals surface area (Å²) in [6, 6.07) is 5.34. The molecule has 0 amide bonds. The van der Waals surface area contributed by atoms with Crippen molar-refractivity contribution < 1.29 is 9.84 Å². The van der Waals surface area contributed by atoms with Crippen molar-refractivity contribution in [2.75, 3.05) is 7.11 Å². The van der Waals surface area contributed by atoms with Crippen LogP contribution in [0.3, 0.4) is 0 Å². The minimum Gasteiger partial charge on any atom is -0.503 e. The summed E-state index contributed by atoms with van der Waals surface area (Å²) < 4.78 is 5.68. The van der Waals surface area contributed by atoms with Gasteiger partial charge in [-0.05, 0) is 34.1 Å². The quantitative estimate of drug-likeness (QED) is 0.761. The number of aromatic hydroxyl groups is 1. The Morgan fingerprint density at radius 1 is 1.37 bits per heavy atom. The highest BCUT2D eigenvalue weighted by Gasteiger charge is 2.12. The Bertz CT molecular complexity index is 722. The van der Waals surface area contributed by atoms with Crippen LogP contribution in [-0.4, -0.2) is 27.2 Å². The molecule has 0 unspecified atom stereocenters. The van der Waals surface area contributed by atoms with Crippen molar-refractivity contribution in [2.24, 2.45) is 0 Å². The third-order valence-corrected chi connectivity index (χ3v) is 3.41. The first-order chi connectivity index (χ1) is 9.19. The Balaban J connectivity index is 2.18. The maximum Gasteiger partial charge on any atom is 0.172 e. The number of methoxy groups -OCH3 is 1. The Morgan fingerprint density at radius 2 is 2.21 bits per heavy atom. The van der Waals surface area contributed by atoms with Crippen molar-refractivity contribution >= 4 is 27.0 Å². The summed E-state index contributed by atoms with van der Waals surface area (Å²) in [6.45, 7) is 0. The van der Waals surface area contributed by atoms with Gasteiger partial charge in [-0.15, -0.1) is 0 Å². The van der Waals surface area contributed by atoms with Gasteiger partial charge >= 0.3 is 0 Å². The molecule has 0 spiro atoms. The molecule has 0 aliphatic carbocycles. The number of halogens is 1. The number of nitrogens with one attached hydrogen (secondary N) is 1. The van der Waals surface area contributed by atoms with E-state index >= 15 is 0 Å². The number of hydrogen-bond acceptors (Lipinski definition) is 4. The number of H-pyrrole nitrogens is 1. The van der Waals surface area contributed by atoms with Crippen LogP contribution >= 0.6 is 15.9 Å². The van der Waals surface area contributed by atoms with Crippen molar-refractivity contribution in [1.82, 2.24) is 15.0 Å². The van der Waals surface area contributed by atoms with Gasteiger partial charge in [-0.3, -0.25) is 4.98 Å². The van der Waals surface area contributed by atoms with E-state index in [0.29, 0.717) is 16.0 Å². The van der Waals surface area contributed by atoms with Crippen LogP contribution in [0.2, 0.25) is 0 Å². The van der Waals surface area contributed by atoms with E-state index in [9.17, 15) is 5.11 Å². The predicted octanol–water partition coefficient (Wildman–Crippen LogP) is 3.10. The number of aromatic amines is 1. The second-order valence-electron chi connectivity index (χ2n) is 3.99. The summed E-state index contributed by atoms with van der Waals surface area (Å²) in [7, 11) is 1.51. The summed E-state index contributed by atoms with van der Waals surface area (Å²) in [5.41, 5.74) is 2.52. The van der Waals surface area contributed by atoms with E-state index in [0.717, 1.165) is 16.6 Å². The molecule has 0 aliphatic heterocycles. The van der Waals surface area contributed by atoms with Gasteiger partial charge in [0.1, 0.15) is 5.82 Å². The van der Waals surface area contributed by atoms with E-state index < -0.39 is 0 Å². The number of rotatable bonds is 2. The molecule has 0 radical (unpaired) electrons. The number of hydrogen-bond donors (Lipinski definition) is 2. The lowest BCUT2D eigenvalue weighted by Gasteiger charge is -2.07. The molecule has 0 saturated heterocycles. The molecule has 6 heteroatoms. The van der Waals surface area contributed by atoms with Gasteiger partial charge in [0.05, 0.1) is 28.8 Å². The Labute approximate surface area is 117 Å². The standard InChI is InChI=1S/C13H10BrN3O2/c1-19-11-5-7(4-8(14)12(11)18)13-16-9-2-3-15-6-10(9)17-13/h2-6,18H,1H3,(H,16,17). The van der Waals surface area contributed by atoms with Crippen LogP contribution in [0.5, 0.6) is 11.5 Å². The van der Waals surface area contributed by atoms with Crippen LogP contribution in [0.15, 0.2) is 35.1 Å². The van der Waals surface area contributed by atoms with Gasteiger partial charge < -0.3 is 14.8 Å². The number of pyridine rings is 1. The van der Waals surface area contributed by atoms with Crippen LogP contribution in [0.1, 0.15) is 0 Å². The summed E-state index contributed by atoms with van der Waals surface area (Å²) >= 11 is 3.29. The van der Waals surface area contributed by atoms with Crippen molar-refractivity contribution in [2.45, 2.75) is 0 Å². The van der Waals surface area contributed by atoms with Crippen molar-refractivity contribution in [3.63, 3.8) is 0 Å². The van der Waals surface area contributed by atoms with Crippen LogP contribution in [0.4, 0.5) is 0 Å². The Hall–Kier alpha value is -2.08. The minimum atomic E-state index is 0.0732. The second-order valence-corrected chi connectivity index (χ2v) is 4.84. The molecule has 96 valence electrons. The van der Waals surface area contributed by atoms with Gasteiger partial charge in [-0.1, -0.05) is 0 Å². The molecule has 2 aromatic heterocycles. The topological polar surface area (TPSA) is 71.0 Å². The number of ether oxygens (including phenoxy) is 1. The molecule has 0 saturated carbocycles. The lowest BCUT2D eigenvalue weighted by molar-refractivity contribution is 0.372. The van der Waals surface area contributed by atoms with Crippen LogP contribution in [0.25, 0.3) is 22.4 Å². The lowest BCUT2D eigenvalue weighted by atomic mass is 10.2. The average Bonchev–Trinajstić information content (AvgIpc) is 2.85. The highest BCUT2D eigenvalue weighted by Crippen LogP contribution is 2.38. The van der Waals surface area contributed by atoms with E-state index in [1.807, 2.05) is 6.07 Å². The molecule has 0 atom stereocenters. The van der Waals surface area contributed by atoms with Gasteiger partial charge in [-0.2, -0.15) is 0 Å². The number of nitrogens with zero attached hydrogens (tertiary/aromatic N) is 2. The first-order valence-electron chi connectivity index (χ1n) is 5.55. The fourth-order valence-electron chi connectivity index (χ4n) is 1.86. The zero-order valence-electron chi connectivity index (χ0n) is 10.0. The molecule has 3 aromatic rings. The van der Waals surface area contributed by atoms with Crippen LogP contribution in [0, 0.1) is 0 Å². The normalized spacial score (nSPS) is 10.8. The summed E-state index contributed by atoms with van der Waals surface area (Å²) in [4.78, 5) is 11.7. The molecule has 0 fully saturated rings. The first-order valence-corrected chi connectivity index (χ1v) is 6.35. The van der Waals surface area contributed by atoms with E-state index in [4.69, 9.17) is 4.74 Å². The van der Waals surface area contributed by atoms with Gasteiger partial charge in [0.2, 0.25) is 0 Å². The molecule has 3 rings (SSSR count). The maximum absolute atomic E-state index is 9.80. The number of imidazole rings is 1. The van der Waals surface area contributed by atoms with E-state index in [-0.39, 0.29) is 5.75 Å². The van der Waals surface area contributed by atoms with Gasteiger partial charge in [0.25, 0.3) is 0 Å². The number of benzene rings is 1. The first kappa shape index (κ1) is 12.0. The van der Waals surface area contributed by atoms with E-state index in [2.05, 4.69) is 30.9 Å². The molecule has 5 nitrogen and oxygen atoms in total. The zero-order chi connectivity index (χ0) is 13.4. The molecule has 0 bridgehead atoms. The van der Waals surface area contributed by atoms with Crippen molar-refractivity contribution in [3.05, 3.63) is 35.1 Å². The molecular weight excluding hydrogens is 310 g/mol. The van der Waals surface area contributed by atoms with Gasteiger partial charge in [0, 0.05) is 11.8 Å². The number of aromatic nitrogens is 3. The lowest BCUT2D eigenvalue weighted by Crippen LogP contribution is -1.87. The second kappa shape index (κ2) is 4.55. The van der Waals surface area contributed by atoms with E-state index in [1.54, 1.807) is 24.5 Å². The summed E-state index contributed by atoms with van der Waals surface area (Å²) in [5.74, 6) is 1.16. The third kappa shape index (κ3) is 2.04. The molecule has 1 aromatic carbocycles. The molecule has 0 aliphatic rings. The SMILES string of the molecule is COc1cc(-c2nc3ccncc3[nH]2)cc(Br)c1O. The third-order valence-electron chi connectivity index (χ3n) is 2.81. The minimum absolute atomic E-state index is 0.0732. The maximum atomic E-state index is 9.80. The zero-order valence-corrected chi connectivity index (χ0v) is 11.6. The van der Waals surface area contributed by atoms with Crippen LogP contribution in [-0.2, 0) is 0 Å². The Kier molecular flexibility index (Phi) is 2.87. The molecule has 19 heavy (non-hydrogen) atoms. The highest BCUT2D eigenvalue weighted by atomic mass is 79.9.